The number of carboxylic acids is 1. The first kappa shape index (κ1) is 16.0. The second-order valence-corrected chi connectivity index (χ2v) is 6.20. The molecule has 4 rings (SSSR count). The number of aromatic nitrogens is 3. The predicted molar refractivity (Wildman–Crippen MR) is 94.6 cm³/mol. The molecule has 0 fully saturated rings. The van der Waals surface area contributed by atoms with Crippen molar-refractivity contribution in [2.24, 2.45) is 0 Å². The minimum absolute atomic E-state index is 0.137. The Balaban J connectivity index is 1.69. The molecule has 0 aliphatic carbocycles. The molecule has 0 bridgehead atoms. The number of carbonyl (C=O) groups excluding carboxylic acids is 1. The van der Waals surface area contributed by atoms with E-state index in [4.69, 9.17) is 0 Å². The number of hydrogen-bond acceptors (Lipinski definition) is 4. The highest BCUT2D eigenvalue weighted by Crippen LogP contribution is 2.37. The first-order valence-corrected chi connectivity index (χ1v) is 8.15. The fraction of sp³-hybridized carbons (Fsp3) is 0.158. The average molecular weight is 348 g/mol. The van der Waals surface area contributed by atoms with E-state index in [2.05, 4.69) is 10.1 Å². The Morgan fingerprint density at radius 2 is 2.00 bits per heavy atom. The molecular weight excluding hydrogens is 332 g/mol. The summed E-state index contributed by atoms with van der Waals surface area (Å²) in [5, 5.41) is 13.6. The van der Waals surface area contributed by atoms with E-state index in [0.29, 0.717) is 16.8 Å². The zero-order valence-corrected chi connectivity index (χ0v) is 14.0. The Morgan fingerprint density at radius 3 is 2.69 bits per heavy atom. The van der Waals surface area contributed by atoms with Crippen molar-refractivity contribution < 1.29 is 14.7 Å². The van der Waals surface area contributed by atoms with Gasteiger partial charge in [0.25, 0.3) is 5.91 Å². The molecule has 0 spiro atoms. The summed E-state index contributed by atoms with van der Waals surface area (Å²) in [5.74, 6) is -1.83. The second-order valence-electron chi connectivity index (χ2n) is 6.20. The van der Waals surface area contributed by atoms with Crippen molar-refractivity contribution in [1.82, 2.24) is 14.8 Å². The van der Waals surface area contributed by atoms with Gasteiger partial charge in [-0.15, -0.1) is 0 Å². The van der Waals surface area contributed by atoms with Gasteiger partial charge in [-0.1, -0.05) is 18.2 Å². The number of hydrogen-bond donors (Lipinski definition) is 1. The van der Waals surface area contributed by atoms with Crippen LogP contribution in [-0.4, -0.2) is 38.3 Å². The van der Waals surface area contributed by atoms with Crippen molar-refractivity contribution in [3.05, 3.63) is 71.8 Å². The van der Waals surface area contributed by atoms with Crippen molar-refractivity contribution in [1.29, 1.82) is 0 Å². The van der Waals surface area contributed by atoms with E-state index in [1.54, 1.807) is 46.2 Å². The lowest BCUT2D eigenvalue weighted by Gasteiger charge is -2.19. The van der Waals surface area contributed by atoms with Crippen LogP contribution in [0.5, 0.6) is 0 Å². The Hall–Kier alpha value is -3.48. The maximum atomic E-state index is 13.1. The van der Waals surface area contributed by atoms with Gasteiger partial charge in [-0.25, -0.2) is 9.67 Å². The molecule has 1 unspecified atom stereocenters. The second kappa shape index (κ2) is 6.11. The van der Waals surface area contributed by atoms with E-state index in [9.17, 15) is 14.7 Å². The van der Waals surface area contributed by atoms with Crippen LogP contribution in [-0.2, 0) is 4.79 Å². The summed E-state index contributed by atoms with van der Waals surface area (Å²) in [6, 6.07) is 12.6. The smallest absolute Gasteiger partial charge is 0.312 e. The standard InChI is InChI=1S/C19H16N4O3/c1-12-8-13(23-11-20-10-21-23)6-7-14(12)18(24)22-9-16(19(25)26)15-4-2-3-5-17(15)22/h2-8,10-11,16H,9H2,1H3,(H,25,26). The molecule has 1 amide bonds. The molecule has 1 aromatic heterocycles. The van der Waals surface area contributed by atoms with E-state index >= 15 is 0 Å². The highest BCUT2D eigenvalue weighted by molar-refractivity contribution is 6.09. The van der Waals surface area contributed by atoms with Gasteiger partial charge in [-0.05, 0) is 42.3 Å². The number of nitrogens with zero attached hydrogens (tertiary/aromatic N) is 4. The highest BCUT2D eigenvalue weighted by atomic mass is 16.4. The average Bonchev–Trinajstić information content (AvgIpc) is 3.29. The monoisotopic (exact) mass is 348 g/mol. The summed E-state index contributed by atoms with van der Waals surface area (Å²) >= 11 is 0. The third-order valence-corrected chi connectivity index (χ3v) is 4.64. The minimum atomic E-state index is -0.925. The number of aliphatic carboxylic acids is 1. The fourth-order valence-corrected chi connectivity index (χ4v) is 3.33. The van der Waals surface area contributed by atoms with Crippen LogP contribution in [0.2, 0.25) is 0 Å². The van der Waals surface area contributed by atoms with Gasteiger partial charge >= 0.3 is 5.97 Å². The maximum absolute atomic E-state index is 13.1. The summed E-state index contributed by atoms with van der Waals surface area (Å²) in [4.78, 5) is 30.1. The van der Waals surface area contributed by atoms with Gasteiger partial charge in [0.1, 0.15) is 18.6 Å². The first-order chi connectivity index (χ1) is 12.6. The lowest BCUT2D eigenvalue weighted by Crippen LogP contribution is -2.31. The van der Waals surface area contributed by atoms with E-state index in [1.165, 1.54) is 6.33 Å². The molecule has 1 aliphatic heterocycles. The largest absolute Gasteiger partial charge is 0.481 e. The van der Waals surface area contributed by atoms with Gasteiger partial charge in [-0.3, -0.25) is 9.59 Å². The summed E-state index contributed by atoms with van der Waals surface area (Å²) in [7, 11) is 0. The minimum Gasteiger partial charge on any atom is -0.481 e. The number of aryl methyl sites for hydroxylation is 1. The van der Waals surface area contributed by atoms with Crippen LogP contribution in [0.25, 0.3) is 5.69 Å². The molecule has 2 heterocycles. The van der Waals surface area contributed by atoms with E-state index in [0.717, 1.165) is 11.3 Å². The Bertz CT molecular complexity index is 998. The highest BCUT2D eigenvalue weighted by Gasteiger charge is 2.36. The van der Waals surface area contributed by atoms with Crippen LogP contribution in [0.15, 0.2) is 55.1 Å². The number of benzene rings is 2. The zero-order valence-electron chi connectivity index (χ0n) is 14.0. The van der Waals surface area contributed by atoms with Crippen molar-refractivity contribution in [2.75, 3.05) is 11.4 Å². The quantitative estimate of drug-likeness (QED) is 0.785. The summed E-state index contributed by atoms with van der Waals surface area (Å²) in [5.41, 5.74) is 3.46. The van der Waals surface area contributed by atoms with E-state index in [1.807, 2.05) is 19.1 Å². The predicted octanol–water partition coefficient (Wildman–Crippen LogP) is 2.40. The lowest BCUT2D eigenvalue weighted by molar-refractivity contribution is -0.138. The molecule has 26 heavy (non-hydrogen) atoms. The molecule has 7 nitrogen and oxygen atoms in total. The SMILES string of the molecule is Cc1cc(-n2cncn2)ccc1C(=O)N1CC(C(=O)O)c2ccccc21. The number of amides is 1. The van der Waals surface area contributed by atoms with Crippen molar-refractivity contribution in [3.8, 4) is 5.69 Å². The molecule has 0 saturated carbocycles. The molecule has 0 radical (unpaired) electrons. The number of carbonyl (C=O) groups is 2. The van der Waals surface area contributed by atoms with Crippen molar-refractivity contribution in [3.63, 3.8) is 0 Å². The third kappa shape index (κ3) is 2.54. The summed E-state index contributed by atoms with van der Waals surface area (Å²) < 4.78 is 1.62. The van der Waals surface area contributed by atoms with Crippen LogP contribution in [0.3, 0.4) is 0 Å². The van der Waals surface area contributed by atoms with E-state index < -0.39 is 11.9 Å². The Morgan fingerprint density at radius 1 is 1.19 bits per heavy atom. The number of carboxylic acid groups (broad SMARTS) is 1. The summed E-state index contributed by atoms with van der Waals surface area (Å²) in [6.45, 7) is 1.99. The summed E-state index contributed by atoms with van der Waals surface area (Å²) in [6.07, 6.45) is 3.03. The Labute approximate surface area is 149 Å². The lowest BCUT2D eigenvalue weighted by atomic mass is 10.0. The van der Waals surface area contributed by atoms with Crippen LogP contribution in [0.4, 0.5) is 5.69 Å². The van der Waals surface area contributed by atoms with Crippen LogP contribution >= 0.6 is 0 Å². The molecule has 1 aliphatic rings. The molecule has 2 aromatic carbocycles. The number of anilines is 1. The number of rotatable bonds is 3. The van der Waals surface area contributed by atoms with Crippen molar-refractivity contribution >= 4 is 17.6 Å². The van der Waals surface area contributed by atoms with Gasteiger partial charge in [0.2, 0.25) is 0 Å². The van der Waals surface area contributed by atoms with Crippen LogP contribution in [0, 0.1) is 6.92 Å². The maximum Gasteiger partial charge on any atom is 0.312 e. The topological polar surface area (TPSA) is 88.3 Å². The molecule has 1 atom stereocenters. The fourth-order valence-electron chi connectivity index (χ4n) is 3.33. The molecule has 130 valence electrons. The van der Waals surface area contributed by atoms with Crippen LogP contribution in [0.1, 0.15) is 27.4 Å². The molecule has 0 saturated heterocycles. The zero-order chi connectivity index (χ0) is 18.3. The van der Waals surface area contributed by atoms with Gasteiger partial charge in [-0.2, -0.15) is 5.10 Å². The van der Waals surface area contributed by atoms with Crippen molar-refractivity contribution in [2.45, 2.75) is 12.8 Å². The van der Waals surface area contributed by atoms with Gasteiger partial charge < -0.3 is 10.0 Å². The van der Waals surface area contributed by atoms with Crippen LogP contribution < -0.4 is 4.90 Å². The Kier molecular flexibility index (Phi) is 3.76. The van der Waals surface area contributed by atoms with Gasteiger partial charge in [0, 0.05) is 17.8 Å². The third-order valence-electron chi connectivity index (χ3n) is 4.64. The molecular formula is C19H16N4O3. The number of para-hydroxylation sites is 1. The van der Waals surface area contributed by atoms with E-state index in [-0.39, 0.29) is 12.5 Å². The molecule has 7 heteroatoms. The first-order valence-electron chi connectivity index (χ1n) is 8.15. The van der Waals surface area contributed by atoms with Gasteiger partial charge in [0.15, 0.2) is 0 Å². The normalized spacial score (nSPS) is 15.7. The van der Waals surface area contributed by atoms with Gasteiger partial charge in [0.05, 0.1) is 5.69 Å². The molecule has 1 N–H and O–H groups in total. The molecule has 3 aromatic rings. The number of fused-ring (bicyclic) bond motifs is 1.